The van der Waals surface area contributed by atoms with Crippen LogP contribution in [0, 0.1) is 6.92 Å². The van der Waals surface area contributed by atoms with Gasteiger partial charge in [0.15, 0.2) is 5.82 Å². The van der Waals surface area contributed by atoms with E-state index in [0.29, 0.717) is 11.4 Å². The van der Waals surface area contributed by atoms with Crippen molar-refractivity contribution in [3.05, 3.63) is 45.6 Å². The number of carbonyl (C=O) groups excluding carboxylic acids is 1. The number of nitrogens with zero attached hydrogens (tertiary/aromatic N) is 1. The SMILES string of the molecule is CCCc1cc(NC(=O)c2ccc(C)c(Br)c2)n[nH]1. The number of rotatable bonds is 4. The Kier molecular flexibility index (Phi) is 4.37. The van der Waals surface area contributed by atoms with Crippen LogP contribution in [0.1, 0.15) is 35.0 Å². The minimum absolute atomic E-state index is 0.157. The van der Waals surface area contributed by atoms with Gasteiger partial charge in [-0.15, -0.1) is 0 Å². The first-order chi connectivity index (χ1) is 9.10. The monoisotopic (exact) mass is 321 g/mol. The fourth-order valence-corrected chi connectivity index (χ4v) is 2.12. The van der Waals surface area contributed by atoms with E-state index < -0.39 is 0 Å². The molecule has 0 radical (unpaired) electrons. The third kappa shape index (κ3) is 3.44. The van der Waals surface area contributed by atoms with Crippen LogP contribution >= 0.6 is 15.9 Å². The lowest BCUT2D eigenvalue weighted by Crippen LogP contribution is -2.12. The normalized spacial score (nSPS) is 10.5. The Hall–Kier alpha value is -1.62. The summed E-state index contributed by atoms with van der Waals surface area (Å²) in [5, 5.41) is 9.76. The third-order valence-electron chi connectivity index (χ3n) is 2.83. The van der Waals surface area contributed by atoms with Gasteiger partial charge in [0.1, 0.15) is 0 Å². The highest BCUT2D eigenvalue weighted by atomic mass is 79.9. The molecule has 100 valence electrons. The number of anilines is 1. The first kappa shape index (κ1) is 13.8. The van der Waals surface area contributed by atoms with E-state index in [1.165, 1.54) is 0 Å². The standard InChI is InChI=1S/C14H16BrN3O/c1-3-4-11-8-13(18-17-11)16-14(19)10-6-5-9(2)12(15)7-10/h5-8H,3-4H2,1-2H3,(H2,16,17,18,19). The Morgan fingerprint density at radius 2 is 2.21 bits per heavy atom. The predicted octanol–water partition coefficient (Wildman–Crippen LogP) is 3.69. The molecular weight excluding hydrogens is 306 g/mol. The Labute approximate surface area is 120 Å². The highest BCUT2D eigenvalue weighted by molar-refractivity contribution is 9.10. The molecule has 0 fully saturated rings. The molecule has 0 bridgehead atoms. The van der Waals surface area contributed by atoms with Gasteiger partial charge in [0, 0.05) is 21.8 Å². The highest BCUT2D eigenvalue weighted by Crippen LogP contribution is 2.18. The molecule has 2 N–H and O–H groups in total. The number of H-pyrrole nitrogens is 1. The van der Waals surface area contributed by atoms with Crippen LogP contribution in [0.5, 0.6) is 0 Å². The summed E-state index contributed by atoms with van der Waals surface area (Å²) in [5.41, 5.74) is 2.74. The molecule has 0 aliphatic rings. The summed E-state index contributed by atoms with van der Waals surface area (Å²) >= 11 is 3.42. The molecule has 0 saturated heterocycles. The van der Waals surface area contributed by atoms with Crippen LogP contribution in [-0.4, -0.2) is 16.1 Å². The Morgan fingerprint density at radius 3 is 2.89 bits per heavy atom. The first-order valence-electron chi connectivity index (χ1n) is 6.22. The first-order valence-corrected chi connectivity index (χ1v) is 7.01. The Balaban J connectivity index is 2.09. The summed E-state index contributed by atoms with van der Waals surface area (Å²) in [6, 6.07) is 7.38. The van der Waals surface area contributed by atoms with E-state index >= 15 is 0 Å². The van der Waals surface area contributed by atoms with Gasteiger partial charge >= 0.3 is 0 Å². The maximum atomic E-state index is 12.1. The molecule has 5 heteroatoms. The van der Waals surface area contributed by atoms with Gasteiger partial charge in [-0.25, -0.2) is 0 Å². The van der Waals surface area contributed by atoms with Gasteiger partial charge in [-0.1, -0.05) is 35.3 Å². The summed E-state index contributed by atoms with van der Waals surface area (Å²) in [7, 11) is 0. The summed E-state index contributed by atoms with van der Waals surface area (Å²) < 4.78 is 0.925. The zero-order chi connectivity index (χ0) is 13.8. The maximum absolute atomic E-state index is 12.1. The number of halogens is 1. The van der Waals surface area contributed by atoms with E-state index in [0.717, 1.165) is 28.6 Å². The second-order valence-electron chi connectivity index (χ2n) is 4.45. The molecule has 1 amide bonds. The zero-order valence-electron chi connectivity index (χ0n) is 11.0. The van der Waals surface area contributed by atoms with Crippen molar-refractivity contribution < 1.29 is 4.79 Å². The molecule has 1 aromatic carbocycles. The van der Waals surface area contributed by atoms with Crippen molar-refractivity contribution in [1.82, 2.24) is 10.2 Å². The van der Waals surface area contributed by atoms with Crippen molar-refractivity contribution in [3.8, 4) is 0 Å². The maximum Gasteiger partial charge on any atom is 0.256 e. The molecule has 0 spiro atoms. The lowest BCUT2D eigenvalue weighted by atomic mass is 10.1. The summed E-state index contributed by atoms with van der Waals surface area (Å²) in [6.45, 7) is 4.08. The van der Waals surface area contributed by atoms with Gasteiger partial charge in [0.2, 0.25) is 0 Å². The Bertz CT molecular complexity index is 592. The molecule has 0 unspecified atom stereocenters. The van der Waals surface area contributed by atoms with Crippen LogP contribution in [0.2, 0.25) is 0 Å². The average molecular weight is 322 g/mol. The molecule has 2 rings (SSSR count). The van der Waals surface area contributed by atoms with E-state index in [-0.39, 0.29) is 5.91 Å². The molecule has 1 aromatic heterocycles. The number of amides is 1. The van der Waals surface area contributed by atoms with Crippen molar-refractivity contribution in [2.24, 2.45) is 0 Å². The number of benzene rings is 1. The van der Waals surface area contributed by atoms with Gasteiger partial charge in [0.05, 0.1) is 0 Å². The number of carbonyl (C=O) groups is 1. The van der Waals surface area contributed by atoms with Gasteiger partial charge in [-0.3, -0.25) is 9.89 Å². The van der Waals surface area contributed by atoms with Crippen molar-refractivity contribution in [2.45, 2.75) is 26.7 Å². The smallest absolute Gasteiger partial charge is 0.256 e. The van der Waals surface area contributed by atoms with Gasteiger partial charge in [-0.2, -0.15) is 5.10 Å². The zero-order valence-corrected chi connectivity index (χ0v) is 12.5. The largest absolute Gasteiger partial charge is 0.305 e. The molecule has 0 aliphatic heterocycles. The summed E-state index contributed by atoms with van der Waals surface area (Å²) in [4.78, 5) is 12.1. The fraction of sp³-hybridized carbons (Fsp3) is 0.286. The van der Waals surface area contributed by atoms with Crippen molar-refractivity contribution in [2.75, 3.05) is 5.32 Å². The topological polar surface area (TPSA) is 57.8 Å². The number of hydrogen-bond donors (Lipinski definition) is 2. The van der Waals surface area contributed by atoms with Gasteiger partial charge in [0.25, 0.3) is 5.91 Å². The minimum atomic E-state index is -0.157. The van der Waals surface area contributed by atoms with Crippen molar-refractivity contribution >= 4 is 27.7 Å². The van der Waals surface area contributed by atoms with Crippen LogP contribution in [-0.2, 0) is 6.42 Å². The minimum Gasteiger partial charge on any atom is -0.305 e. The Morgan fingerprint density at radius 1 is 1.42 bits per heavy atom. The van der Waals surface area contributed by atoms with Gasteiger partial charge < -0.3 is 5.32 Å². The number of aromatic nitrogens is 2. The van der Waals surface area contributed by atoms with Crippen LogP contribution in [0.3, 0.4) is 0 Å². The number of aromatic amines is 1. The molecule has 19 heavy (non-hydrogen) atoms. The fourth-order valence-electron chi connectivity index (χ4n) is 1.75. The predicted molar refractivity (Wildman–Crippen MR) is 79.4 cm³/mol. The summed E-state index contributed by atoms with van der Waals surface area (Å²) in [6.07, 6.45) is 1.97. The number of nitrogens with one attached hydrogen (secondary N) is 2. The summed E-state index contributed by atoms with van der Waals surface area (Å²) in [5.74, 6) is 0.403. The van der Waals surface area contributed by atoms with Crippen molar-refractivity contribution in [1.29, 1.82) is 0 Å². The molecule has 0 saturated carbocycles. The van der Waals surface area contributed by atoms with E-state index in [2.05, 4.69) is 38.4 Å². The third-order valence-corrected chi connectivity index (χ3v) is 3.68. The number of aryl methyl sites for hydroxylation is 2. The lowest BCUT2D eigenvalue weighted by molar-refractivity contribution is 0.102. The van der Waals surface area contributed by atoms with Crippen molar-refractivity contribution in [3.63, 3.8) is 0 Å². The average Bonchev–Trinajstić information content (AvgIpc) is 2.80. The van der Waals surface area contributed by atoms with Crippen LogP contribution in [0.25, 0.3) is 0 Å². The molecule has 2 aromatic rings. The number of hydrogen-bond acceptors (Lipinski definition) is 2. The van der Waals surface area contributed by atoms with E-state index in [9.17, 15) is 4.79 Å². The molecule has 0 aliphatic carbocycles. The van der Waals surface area contributed by atoms with Crippen LogP contribution < -0.4 is 5.32 Å². The molecule has 0 atom stereocenters. The van der Waals surface area contributed by atoms with E-state index in [1.807, 2.05) is 25.1 Å². The van der Waals surface area contributed by atoms with E-state index in [1.54, 1.807) is 6.07 Å². The van der Waals surface area contributed by atoms with Crippen LogP contribution in [0.15, 0.2) is 28.7 Å². The molecule has 4 nitrogen and oxygen atoms in total. The van der Waals surface area contributed by atoms with Gasteiger partial charge in [-0.05, 0) is 31.0 Å². The quantitative estimate of drug-likeness (QED) is 0.902. The second kappa shape index (κ2) is 6.02. The molecular formula is C14H16BrN3O. The molecule has 1 heterocycles. The second-order valence-corrected chi connectivity index (χ2v) is 5.30. The highest BCUT2D eigenvalue weighted by Gasteiger charge is 2.09. The van der Waals surface area contributed by atoms with Crippen LogP contribution in [0.4, 0.5) is 5.82 Å². The van der Waals surface area contributed by atoms with E-state index in [4.69, 9.17) is 0 Å². The lowest BCUT2D eigenvalue weighted by Gasteiger charge is -2.04.